The fourth-order valence-corrected chi connectivity index (χ4v) is 3.70. The van der Waals surface area contributed by atoms with E-state index >= 15 is 0 Å². The van der Waals surface area contributed by atoms with Crippen molar-refractivity contribution in [2.24, 2.45) is 0 Å². The predicted molar refractivity (Wildman–Crippen MR) is 104 cm³/mol. The first-order valence-corrected chi connectivity index (χ1v) is 9.52. The molecule has 0 aliphatic carbocycles. The molecule has 3 rings (SSSR count). The third-order valence-corrected chi connectivity index (χ3v) is 5.26. The van der Waals surface area contributed by atoms with E-state index in [4.69, 9.17) is 24.5 Å². The van der Waals surface area contributed by atoms with Crippen LogP contribution >= 0.6 is 0 Å². The molecule has 9 heteroatoms. The molecule has 1 amide bonds. The maximum atomic E-state index is 12.9. The van der Waals surface area contributed by atoms with Crippen molar-refractivity contribution in [3.8, 4) is 5.75 Å². The highest BCUT2D eigenvalue weighted by atomic mass is 16.5. The van der Waals surface area contributed by atoms with Crippen LogP contribution in [0, 0.1) is 0 Å². The van der Waals surface area contributed by atoms with Gasteiger partial charge in [-0.05, 0) is 31.0 Å². The molecule has 2 aliphatic rings. The second-order valence-electron chi connectivity index (χ2n) is 7.08. The van der Waals surface area contributed by atoms with Crippen LogP contribution in [0.25, 0.3) is 0 Å². The number of likely N-dealkylation sites (tertiary alicyclic amines) is 1. The lowest BCUT2D eigenvalue weighted by Crippen LogP contribution is -2.58. The summed E-state index contributed by atoms with van der Waals surface area (Å²) in [6.45, 7) is 3.61. The Kier molecular flexibility index (Phi) is 8.41. The number of benzene rings is 1. The van der Waals surface area contributed by atoms with Gasteiger partial charge in [0.15, 0.2) is 0 Å². The Hall–Kier alpha value is -2.65. The number of carbonyl (C=O) groups is 3. The number of carboxylic acids is 1. The number of nitrogens with zero attached hydrogens (tertiary/aromatic N) is 2. The van der Waals surface area contributed by atoms with E-state index in [9.17, 15) is 9.59 Å². The second kappa shape index (κ2) is 10.8. The number of piperidine rings is 1. The first-order valence-electron chi connectivity index (χ1n) is 9.52. The van der Waals surface area contributed by atoms with E-state index in [0.717, 1.165) is 25.9 Å². The summed E-state index contributed by atoms with van der Waals surface area (Å²) in [5.41, 5.74) is 0.312. The lowest BCUT2D eigenvalue weighted by Gasteiger charge is -2.47. The Balaban J connectivity index is 0.000000941. The molecule has 1 spiro atoms. The molecule has 0 aromatic heterocycles. The highest BCUT2D eigenvalue weighted by Crippen LogP contribution is 2.31. The average Bonchev–Trinajstić information content (AvgIpc) is 2.73. The maximum absolute atomic E-state index is 12.9. The topological polar surface area (TPSA) is 117 Å². The molecule has 1 aromatic rings. The molecule has 0 bridgehead atoms. The summed E-state index contributed by atoms with van der Waals surface area (Å²) in [6.07, 6.45) is 1.79. The lowest BCUT2D eigenvalue weighted by atomic mass is 9.89. The van der Waals surface area contributed by atoms with E-state index < -0.39 is 5.97 Å². The smallest absolute Gasteiger partial charge is 0.304 e. The van der Waals surface area contributed by atoms with Crippen LogP contribution < -0.4 is 4.74 Å². The van der Waals surface area contributed by atoms with Gasteiger partial charge >= 0.3 is 5.97 Å². The number of aliphatic carboxylic acids is 1. The van der Waals surface area contributed by atoms with E-state index in [0.29, 0.717) is 37.6 Å². The number of carbonyl (C=O) groups excluding carboxylic acids is 1. The van der Waals surface area contributed by atoms with Crippen LogP contribution in [0.4, 0.5) is 0 Å². The SMILES string of the molecule is COc1cccc(C(=O)N2CCOC3(CCN(CCC(=O)O)CC3)C2)c1.O=CO. The number of amides is 1. The number of hydrogen-bond donors (Lipinski definition) is 2. The zero-order chi connectivity index (χ0) is 21.3. The Bertz CT molecular complexity index is 702. The first kappa shape index (κ1) is 22.6. The predicted octanol–water partition coefficient (Wildman–Crippen LogP) is 1.18. The van der Waals surface area contributed by atoms with E-state index in [1.807, 2.05) is 23.1 Å². The Morgan fingerprint density at radius 1 is 1.28 bits per heavy atom. The summed E-state index contributed by atoms with van der Waals surface area (Å²) in [6, 6.07) is 7.22. The Morgan fingerprint density at radius 3 is 2.59 bits per heavy atom. The van der Waals surface area contributed by atoms with Crippen LogP contribution in [-0.4, -0.2) is 90.4 Å². The second-order valence-corrected chi connectivity index (χ2v) is 7.08. The van der Waals surface area contributed by atoms with Gasteiger partial charge in [-0.15, -0.1) is 0 Å². The van der Waals surface area contributed by atoms with Gasteiger partial charge in [0.2, 0.25) is 0 Å². The van der Waals surface area contributed by atoms with E-state index in [-0.39, 0.29) is 24.4 Å². The van der Waals surface area contributed by atoms with E-state index in [2.05, 4.69) is 4.90 Å². The van der Waals surface area contributed by atoms with Gasteiger partial charge in [0.25, 0.3) is 12.4 Å². The van der Waals surface area contributed by atoms with E-state index in [1.54, 1.807) is 13.2 Å². The van der Waals surface area contributed by atoms with Crippen LogP contribution in [0.3, 0.4) is 0 Å². The Labute approximate surface area is 169 Å². The standard InChI is InChI=1S/C19H26N2O5.CH2O2/c1-25-16-4-2-3-15(13-16)18(24)21-11-12-26-19(14-21)6-9-20(10-7-19)8-5-17(22)23;2-1-3/h2-4,13H,5-12,14H2,1H3,(H,22,23);1H,(H,2,3). The van der Waals surface area contributed by atoms with Crippen LogP contribution in [-0.2, 0) is 14.3 Å². The normalized spacial score (nSPS) is 18.4. The van der Waals surface area contributed by atoms with Crippen molar-refractivity contribution in [2.45, 2.75) is 24.9 Å². The zero-order valence-corrected chi connectivity index (χ0v) is 16.6. The quantitative estimate of drug-likeness (QED) is 0.698. The van der Waals surface area contributed by atoms with Gasteiger partial charge in [0, 0.05) is 31.7 Å². The third kappa shape index (κ3) is 6.43. The van der Waals surface area contributed by atoms with Crippen LogP contribution in [0.1, 0.15) is 29.6 Å². The molecule has 29 heavy (non-hydrogen) atoms. The maximum Gasteiger partial charge on any atom is 0.304 e. The monoisotopic (exact) mass is 408 g/mol. The van der Waals surface area contributed by atoms with Gasteiger partial charge in [-0.25, -0.2) is 0 Å². The minimum absolute atomic E-state index is 0.000109. The molecule has 2 fully saturated rings. The number of ether oxygens (including phenoxy) is 2. The molecule has 2 aliphatic heterocycles. The van der Waals surface area contributed by atoms with Gasteiger partial charge in [-0.1, -0.05) is 6.07 Å². The van der Waals surface area contributed by atoms with Crippen molar-refractivity contribution < 1.29 is 34.1 Å². The fourth-order valence-electron chi connectivity index (χ4n) is 3.70. The van der Waals surface area contributed by atoms with Crippen molar-refractivity contribution >= 4 is 18.3 Å². The summed E-state index contributed by atoms with van der Waals surface area (Å²) in [5.74, 6) is -0.0975. The molecule has 2 saturated heterocycles. The number of methoxy groups -OCH3 is 1. The van der Waals surface area contributed by atoms with Gasteiger partial charge in [0.05, 0.1) is 32.3 Å². The van der Waals surface area contributed by atoms with Crippen molar-refractivity contribution in [1.82, 2.24) is 9.80 Å². The fraction of sp³-hybridized carbons (Fsp3) is 0.550. The summed E-state index contributed by atoms with van der Waals surface area (Å²) in [5, 5.41) is 15.7. The van der Waals surface area contributed by atoms with Crippen LogP contribution in [0.5, 0.6) is 5.75 Å². The molecule has 160 valence electrons. The highest BCUT2D eigenvalue weighted by molar-refractivity contribution is 5.94. The molecule has 0 radical (unpaired) electrons. The molecule has 0 saturated carbocycles. The first-order chi connectivity index (χ1) is 13.9. The molecular weight excluding hydrogens is 380 g/mol. The van der Waals surface area contributed by atoms with Crippen molar-refractivity contribution in [2.75, 3.05) is 46.4 Å². The summed E-state index contributed by atoms with van der Waals surface area (Å²) >= 11 is 0. The number of morpholine rings is 1. The number of carboxylic acid groups (broad SMARTS) is 2. The minimum Gasteiger partial charge on any atom is -0.497 e. The molecule has 1 aromatic carbocycles. The Morgan fingerprint density at radius 2 is 1.97 bits per heavy atom. The summed E-state index contributed by atoms with van der Waals surface area (Å²) < 4.78 is 11.3. The molecule has 2 N–H and O–H groups in total. The van der Waals surface area contributed by atoms with Crippen LogP contribution in [0.15, 0.2) is 24.3 Å². The van der Waals surface area contributed by atoms with Crippen molar-refractivity contribution in [3.05, 3.63) is 29.8 Å². The third-order valence-electron chi connectivity index (χ3n) is 5.26. The van der Waals surface area contributed by atoms with Crippen LogP contribution in [0.2, 0.25) is 0 Å². The van der Waals surface area contributed by atoms with E-state index in [1.165, 1.54) is 0 Å². The van der Waals surface area contributed by atoms with Gasteiger partial charge in [0.1, 0.15) is 5.75 Å². The minimum atomic E-state index is -0.769. The van der Waals surface area contributed by atoms with Gasteiger partial charge < -0.3 is 29.5 Å². The summed E-state index contributed by atoms with van der Waals surface area (Å²) in [7, 11) is 1.59. The molecular formula is C20H28N2O7. The number of rotatable bonds is 5. The average molecular weight is 408 g/mol. The van der Waals surface area contributed by atoms with Crippen molar-refractivity contribution in [1.29, 1.82) is 0 Å². The number of hydrogen-bond acceptors (Lipinski definition) is 6. The largest absolute Gasteiger partial charge is 0.497 e. The van der Waals surface area contributed by atoms with Gasteiger partial charge in [-0.2, -0.15) is 0 Å². The molecule has 2 heterocycles. The summed E-state index contributed by atoms with van der Waals surface area (Å²) in [4.78, 5) is 36.0. The van der Waals surface area contributed by atoms with Gasteiger partial charge in [-0.3, -0.25) is 14.4 Å². The molecule has 0 unspecified atom stereocenters. The highest BCUT2D eigenvalue weighted by Gasteiger charge is 2.41. The molecule has 9 nitrogen and oxygen atoms in total. The van der Waals surface area contributed by atoms with Crippen molar-refractivity contribution in [3.63, 3.8) is 0 Å². The zero-order valence-electron chi connectivity index (χ0n) is 16.6. The molecule has 0 atom stereocenters. The lowest BCUT2D eigenvalue weighted by molar-refractivity contribution is -0.139.